The summed E-state index contributed by atoms with van der Waals surface area (Å²) in [7, 11) is 4.05. The van der Waals surface area contributed by atoms with Gasteiger partial charge in [0.2, 0.25) is 0 Å². The van der Waals surface area contributed by atoms with E-state index in [1.807, 2.05) is 31.6 Å². The van der Waals surface area contributed by atoms with Gasteiger partial charge in [-0.2, -0.15) is 0 Å². The Kier molecular flexibility index (Phi) is 5.28. The molecular formula is C17H24N4. The average Bonchev–Trinajstić information content (AvgIpc) is 2.47. The van der Waals surface area contributed by atoms with Gasteiger partial charge in [0.1, 0.15) is 5.82 Å². The Morgan fingerprint density at radius 2 is 2.05 bits per heavy atom. The summed E-state index contributed by atoms with van der Waals surface area (Å²) in [5.74, 6) is 0.949. The zero-order valence-corrected chi connectivity index (χ0v) is 13.3. The number of likely N-dealkylation sites (N-methyl/N-ethyl adjacent to an activating group) is 1. The van der Waals surface area contributed by atoms with E-state index < -0.39 is 0 Å². The molecule has 0 aliphatic carbocycles. The van der Waals surface area contributed by atoms with Crippen molar-refractivity contribution >= 4 is 5.82 Å². The lowest BCUT2D eigenvalue weighted by Crippen LogP contribution is -2.31. The molecule has 0 aliphatic heterocycles. The molecule has 2 heterocycles. The van der Waals surface area contributed by atoms with Crippen molar-refractivity contribution in [1.29, 1.82) is 0 Å². The molecule has 0 aromatic carbocycles. The third-order valence-corrected chi connectivity index (χ3v) is 3.78. The van der Waals surface area contributed by atoms with Crippen molar-refractivity contribution in [1.82, 2.24) is 14.9 Å². The first-order valence-corrected chi connectivity index (χ1v) is 7.33. The lowest BCUT2D eigenvalue weighted by atomic mass is 10.1. The van der Waals surface area contributed by atoms with Crippen LogP contribution in [0.3, 0.4) is 0 Å². The van der Waals surface area contributed by atoms with E-state index in [0.29, 0.717) is 6.04 Å². The summed E-state index contributed by atoms with van der Waals surface area (Å²) in [6.45, 7) is 5.21. The van der Waals surface area contributed by atoms with Gasteiger partial charge in [0.15, 0.2) is 0 Å². The number of anilines is 1. The summed E-state index contributed by atoms with van der Waals surface area (Å²) in [5.41, 5.74) is 3.63. The molecule has 0 saturated carbocycles. The highest BCUT2D eigenvalue weighted by atomic mass is 15.1. The van der Waals surface area contributed by atoms with Crippen molar-refractivity contribution in [2.24, 2.45) is 0 Å². The maximum Gasteiger partial charge on any atom is 0.130 e. The molecule has 2 rings (SSSR count). The molecule has 1 N–H and O–H groups in total. The van der Waals surface area contributed by atoms with Crippen molar-refractivity contribution in [2.45, 2.75) is 32.9 Å². The molecule has 4 heteroatoms. The highest BCUT2D eigenvalue weighted by Crippen LogP contribution is 2.15. The monoisotopic (exact) mass is 284 g/mol. The number of aromatic nitrogens is 2. The molecule has 21 heavy (non-hydrogen) atoms. The molecule has 0 fully saturated rings. The van der Waals surface area contributed by atoms with E-state index in [0.717, 1.165) is 24.5 Å². The van der Waals surface area contributed by atoms with Crippen LogP contribution in [0, 0.1) is 6.92 Å². The van der Waals surface area contributed by atoms with Gasteiger partial charge in [-0.15, -0.1) is 0 Å². The van der Waals surface area contributed by atoms with E-state index in [1.54, 1.807) is 0 Å². The molecule has 4 nitrogen and oxygen atoms in total. The zero-order chi connectivity index (χ0) is 15.2. The molecule has 0 spiro atoms. The Morgan fingerprint density at radius 1 is 1.24 bits per heavy atom. The van der Waals surface area contributed by atoms with E-state index in [9.17, 15) is 0 Å². The average molecular weight is 284 g/mol. The Hall–Kier alpha value is -1.94. The normalized spacial score (nSPS) is 12.4. The van der Waals surface area contributed by atoms with Crippen LogP contribution in [0.5, 0.6) is 0 Å². The quantitative estimate of drug-likeness (QED) is 0.885. The molecule has 1 atom stereocenters. The first-order chi connectivity index (χ1) is 10.1. The summed E-state index contributed by atoms with van der Waals surface area (Å²) >= 11 is 0. The maximum absolute atomic E-state index is 4.45. The molecule has 0 amide bonds. The predicted octanol–water partition coefficient (Wildman–Crippen LogP) is 2.89. The fourth-order valence-electron chi connectivity index (χ4n) is 2.38. The minimum absolute atomic E-state index is 0.421. The van der Waals surface area contributed by atoms with Gasteiger partial charge < -0.3 is 5.32 Å². The summed E-state index contributed by atoms with van der Waals surface area (Å²) in [6.07, 6.45) is 4.65. The summed E-state index contributed by atoms with van der Waals surface area (Å²) in [5, 5.41) is 3.15. The van der Waals surface area contributed by atoms with E-state index >= 15 is 0 Å². The summed E-state index contributed by atoms with van der Waals surface area (Å²) in [4.78, 5) is 11.1. The van der Waals surface area contributed by atoms with Crippen LogP contribution >= 0.6 is 0 Å². The molecular weight excluding hydrogens is 260 g/mol. The second-order valence-corrected chi connectivity index (χ2v) is 5.55. The van der Waals surface area contributed by atoms with Gasteiger partial charge in [-0.05, 0) is 44.7 Å². The number of rotatable bonds is 6. The molecule has 2 aromatic heterocycles. The van der Waals surface area contributed by atoms with Gasteiger partial charge in [-0.3, -0.25) is 9.88 Å². The first-order valence-electron chi connectivity index (χ1n) is 7.33. The minimum atomic E-state index is 0.421. The standard InChI is InChI=1S/C17H24N4/c1-13-7-9-19-16(10-13)11-14(2)21(4)12-15-6-5-8-20-17(15)18-3/h5-10,14H,11-12H2,1-4H3,(H,18,20)/t14-/m0/s1. The van der Waals surface area contributed by atoms with E-state index in [2.05, 4.69) is 53.2 Å². The van der Waals surface area contributed by atoms with Crippen molar-refractivity contribution in [3.05, 3.63) is 53.5 Å². The number of nitrogens with zero attached hydrogens (tertiary/aromatic N) is 3. The summed E-state index contributed by atoms with van der Waals surface area (Å²) in [6, 6.07) is 8.72. The number of aryl methyl sites for hydroxylation is 1. The molecule has 2 aromatic rings. The van der Waals surface area contributed by atoms with Crippen molar-refractivity contribution in [2.75, 3.05) is 19.4 Å². The Labute approximate surface area is 127 Å². The highest BCUT2D eigenvalue weighted by molar-refractivity contribution is 5.42. The van der Waals surface area contributed by atoms with Crippen molar-refractivity contribution in [3.8, 4) is 0 Å². The van der Waals surface area contributed by atoms with E-state index in [4.69, 9.17) is 0 Å². The Morgan fingerprint density at radius 3 is 2.76 bits per heavy atom. The van der Waals surface area contributed by atoms with Crippen LogP contribution in [-0.2, 0) is 13.0 Å². The number of hydrogen-bond acceptors (Lipinski definition) is 4. The third kappa shape index (κ3) is 4.26. The summed E-state index contributed by atoms with van der Waals surface area (Å²) < 4.78 is 0. The molecule has 0 aliphatic rings. The van der Waals surface area contributed by atoms with Gasteiger partial charge >= 0.3 is 0 Å². The fraction of sp³-hybridized carbons (Fsp3) is 0.412. The highest BCUT2D eigenvalue weighted by Gasteiger charge is 2.13. The fourth-order valence-corrected chi connectivity index (χ4v) is 2.38. The van der Waals surface area contributed by atoms with Crippen LogP contribution in [0.2, 0.25) is 0 Å². The SMILES string of the molecule is CNc1ncccc1CN(C)[C@@H](C)Cc1cc(C)ccn1. The lowest BCUT2D eigenvalue weighted by molar-refractivity contribution is 0.247. The molecule has 0 saturated heterocycles. The van der Waals surface area contributed by atoms with Gasteiger partial charge in [-0.25, -0.2) is 4.98 Å². The number of hydrogen-bond donors (Lipinski definition) is 1. The third-order valence-electron chi connectivity index (χ3n) is 3.78. The van der Waals surface area contributed by atoms with Gasteiger partial charge in [0, 0.05) is 49.7 Å². The minimum Gasteiger partial charge on any atom is -0.373 e. The Bertz CT molecular complexity index is 583. The predicted molar refractivity (Wildman–Crippen MR) is 87.4 cm³/mol. The number of pyridine rings is 2. The second kappa shape index (κ2) is 7.18. The first kappa shape index (κ1) is 15.4. The maximum atomic E-state index is 4.45. The molecule has 0 bridgehead atoms. The lowest BCUT2D eigenvalue weighted by Gasteiger charge is -2.25. The molecule has 0 unspecified atom stereocenters. The van der Waals surface area contributed by atoms with Crippen LogP contribution in [0.1, 0.15) is 23.7 Å². The van der Waals surface area contributed by atoms with Crippen LogP contribution in [0.25, 0.3) is 0 Å². The number of nitrogens with one attached hydrogen (secondary N) is 1. The van der Waals surface area contributed by atoms with Gasteiger partial charge in [0.25, 0.3) is 0 Å². The van der Waals surface area contributed by atoms with Gasteiger partial charge in [0.05, 0.1) is 0 Å². The molecule has 112 valence electrons. The molecule has 0 radical (unpaired) electrons. The largest absolute Gasteiger partial charge is 0.373 e. The second-order valence-electron chi connectivity index (χ2n) is 5.55. The topological polar surface area (TPSA) is 41.1 Å². The van der Waals surface area contributed by atoms with E-state index in [-0.39, 0.29) is 0 Å². The van der Waals surface area contributed by atoms with Gasteiger partial charge in [-0.1, -0.05) is 6.07 Å². The zero-order valence-electron chi connectivity index (χ0n) is 13.3. The van der Waals surface area contributed by atoms with E-state index in [1.165, 1.54) is 11.1 Å². The van der Waals surface area contributed by atoms with Crippen LogP contribution in [0.4, 0.5) is 5.82 Å². The smallest absolute Gasteiger partial charge is 0.130 e. The van der Waals surface area contributed by atoms with Crippen LogP contribution < -0.4 is 5.32 Å². The Balaban J connectivity index is 2.01. The van der Waals surface area contributed by atoms with Crippen LogP contribution in [0.15, 0.2) is 36.7 Å². The van der Waals surface area contributed by atoms with Crippen LogP contribution in [-0.4, -0.2) is 35.0 Å². The van der Waals surface area contributed by atoms with Crippen molar-refractivity contribution < 1.29 is 0 Å². The van der Waals surface area contributed by atoms with Crippen molar-refractivity contribution in [3.63, 3.8) is 0 Å².